The highest BCUT2D eigenvalue weighted by Crippen LogP contribution is 2.38. The van der Waals surface area contributed by atoms with Crippen molar-refractivity contribution in [2.24, 2.45) is 0 Å². The zero-order valence-electron chi connectivity index (χ0n) is 22.6. The number of fused-ring (bicyclic) bond motifs is 6. The molecule has 0 bridgehead atoms. The average Bonchev–Trinajstić information content (AvgIpc) is 3.50. The monoisotopic (exact) mass is 512 g/mol. The molecule has 0 fully saturated rings. The van der Waals surface area contributed by atoms with Gasteiger partial charge in [-0.15, -0.1) is 0 Å². The van der Waals surface area contributed by atoms with Crippen molar-refractivity contribution < 1.29 is 0 Å². The van der Waals surface area contributed by atoms with Crippen LogP contribution in [0.25, 0.3) is 66.1 Å². The fraction of sp³-hybridized carbons (Fsp3) is 0.0526. The van der Waals surface area contributed by atoms with Crippen LogP contribution in [0, 0.1) is 13.8 Å². The van der Waals surface area contributed by atoms with Crippen molar-refractivity contribution >= 4 is 43.6 Å². The van der Waals surface area contributed by atoms with Crippen LogP contribution in [0.3, 0.4) is 0 Å². The van der Waals surface area contributed by atoms with Crippen molar-refractivity contribution in [3.05, 3.63) is 145 Å². The molecule has 2 nitrogen and oxygen atoms in total. The minimum atomic E-state index is 1.19. The Balaban J connectivity index is 1.34. The average molecular weight is 513 g/mol. The molecule has 190 valence electrons. The summed E-state index contributed by atoms with van der Waals surface area (Å²) < 4.78 is 4.76. The molecule has 0 radical (unpaired) electrons. The van der Waals surface area contributed by atoms with Gasteiger partial charge in [0, 0.05) is 32.9 Å². The van der Waals surface area contributed by atoms with Gasteiger partial charge in [-0.05, 0) is 85.6 Å². The number of para-hydroxylation sites is 2. The van der Waals surface area contributed by atoms with Crippen LogP contribution in [0.2, 0.25) is 0 Å². The van der Waals surface area contributed by atoms with Crippen LogP contribution < -0.4 is 0 Å². The summed E-state index contributed by atoms with van der Waals surface area (Å²) in [6, 6.07) is 48.9. The second kappa shape index (κ2) is 8.72. The lowest BCUT2D eigenvalue weighted by Gasteiger charge is -2.10. The van der Waals surface area contributed by atoms with E-state index in [-0.39, 0.29) is 0 Å². The SMILES string of the molecule is Cc1ccc(-n2c3ccccc3c3cc(-c4ccc5c(c4)c4ccccc4n5-c4ccc(C)cc4)ccc32)cc1. The molecule has 40 heavy (non-hydrogen) atoms. The number of hydrogen-bond acceptors (Lipinski definition) is 0. The normalized spacial score (nSPS) is 11.8. The molecule has 0 unspecified atom stereocenters. The maximum atomic E-state index is 2.38. The van der Waals surface area contributed by atoms with Gasteiger partial charge in [-0.1, -0.05) is 83.9 Å². The van der Waals surface area contributed by atoms with E-state index >= 15 is 0 Å². The molecule has 0 atom stereocenters. The van der Waals surface area contributed by atoms with Crippen molar-refractivity contribution in [2.45, 2.75) is 13.8 Å². The van der Waals surface area contributed by atoms with Crippen LogP contribution >= 0.6 is 0 Å². The smallest absolute Gasteiger partial charge is 0.0541 e. The van der Waals surface area contributed by atoms with Gasteiger partial charge in [-0.3, -0.25) is 0 Å². The molecular weight excluding hydrogens is 484 g/mol. The number of rotatable bonds is 3. The van der Waals surface area contributed by atoms with Gasteiger partial charge in [0.1, 0.15) is 0 Å². The van der Waals surface area contributed by atoms with Crippen LogP contribution in [-0.2, 0) is 0 Å². The molecule has 6 aromatic carbocycles. The fourth-order valence-electron chi connectivity index (χ4n) is 6.25. The zero-order chi connectivity index (χ0) is 26.8. The molecule has 0 aliphatic carbocycles. The van der Waals surface area contributed by atoms with Crippen molar-refractivity contribution in [2.75, 3.05) is 0 Å². The first-order valence-corrected chi connectivity index (χ1v) is 13.9. The highest BCUT2D eigenvalue weighted by atomic mass is 15.0. The molecule has 0 saturated carbocycles. The summed E-state index contributed by atoms with van der Waals surface area (Å²) in [5.74, 6) is 0. The fourth-order valence-corrected chi connectivity index (χ4v) is 6.25. The van der Waals surface area contributed by atoms with Crippen LogP contribution in [0.1, 0.15) is 11.1 Å². The molecular formula is C38H28N2. The molecule has 8 aromatic rings. The molecule has 0 amide bonds. The molecule has 0 saturated heterocycles. The van der Waals surface area contributed by atoms with Gasteiger partial charge in [0.2, 0.25) is 0 Å². The first-order valence-electron chi connectivity index (χ1n) is 13.9. The Bertz CT molecular complexity index is 2050. The standard InChI is InChI=1S/C38H28N2/c1-25-11-17-29(18-12-25)39-35-9-5-3-7-31(35)33-23-27(15-21-37(33)39)28-16-22-38-34(24-28)32-8-4-6-10-36(32)40(38)30-19-13-26(2)14-20-30/h3-24H,1-2H3. The summed E-state index contributed by atoms with van der Waals surface area (Å²) in [4.78, 5) is 0. The second-order valence-electron chi connectivity index (χ2n) is 10.8. The van der Waals surface area contributed by atoms with E-state index in [2.05, 4.69) is 156 Å². The highest BCUT2D eigenvalue weighted by Gasteiger charge is 2.15. The third-order valence-corrected chi connectivity index (χ3v) is 8.26. The Morgan fingerprint density at radius 3 is 1.15 bits per heavy atom. The van der Waals surface area contributed by atoms with E-state index in [4.69, 9.17) is 0 Å². The minimum absolute atomic E-state index is 1.19. The number of nitrogens with zero attached hydrogens (tertiary/aromatic N) is 2. The Morgan fingerprint density at radius 1 is 0.350 bits per heavy atom. The molecule has 2 heterocycles. The maximum Gasteiger partial charge on any atom is 0.0541 e. The van der Waals surface area contributed by atoms with E-state index in [1.165, 1.54) is 77.2 Å². The van der Waals surface area contributed by atoms with Crippen molar-refractivity contribution in [1.82, 2.24) is 9.13 Å². The predicted molar refractivity (Wildman–Crippen MR) is 170 cm³/mol. The van der Waals surface area contributed by atoms with Gasteiger partial charge in [0.25, 0.3) is 0 Å². The summed E-state index contributed by atoms with van der Waals surface area (Å²) in [6.45, 7) is 4.27. The quantitative estimate of drug-likeness (QED) is 0.223. The lowest BCUT2D eigenvalue weighted by Crippen LogP contribution is -1.94. The largest absolute Gasteiger partial charge is 0.309 e. The van der Waals surface area contributed by atoms with Gasteiger partial charge >= 0.3 is 0 Å². The lowest BCUT2D eigenvalue weighted by molar-refractivity contribution is 1.17. The lowest BCUT2D eigenvalue weighted by atomic mass is 10.0. The van der Waals surface area contributed by atoms with E-state index in [1.54, 1.807) is 0 Å². The molecule has 2 heteroatoms. The maximum absolute atomic E-state index is 2.38. The third-order valence-electron chi connectivity index (χ3n) is 8.26. The Kier molecular flexibility index (Phi) is 4.99. The van der Waals surface area contributed by atoms with E-state index in [0.717, 1.165) is 0 Å². The topological polar surface area (TPSA) is 9.86 Å². The summed E-state index contributed by atoms with van der Waals surface area (Å²) >= 11 is 0. The molecule has 0 aliphatic heterocycles. The highest BCUT2D eigenvalue weighted by molar-refractivity contribution is 6.12. The van der Waals surface area contributed by atoms with Gasteiger partial charge in [0.05, 0.1) is 22.1 Å². The molecule has 0 N–H and O–H groups in total. The number of aryl methyl sites for hydroxylation is 2. The van der Waals surface area contributed by atoms with E-state index in [1.807, 2.05) is 0 Å². The van der Waals surface area contributed by atoms with Crippen LogP contribution in [-0.4, -0.2) is 9.13 Å². The second-order valence-corrected chi connectivity index (χ2v) is 10.8. The number of hydrogen-bond donors (Lipinski definition) is 0. The van der Waals surface area contributed by atoms with E-state index < -0.39 is 0 Å². The van der Waals surface area contributed by atoms with E-state index in [0.29, 0.717) is 0 Å². The molecule has 2 aromatic heterocycles. The van der Waals surface area contributed by atoms with Gasteiger partial charge in [-0.2, -0.15) is 0 Å². The predicted octanol–water partition coefficient (Wildman–Crippen LogP) is 10.2. The summed E-state index contributed by atoms with van der Waals surface area (Å²) in [7, 11) is 0. The van der Waals surface area contributed by atoms with Gasteiger partial charge < -0.3 is 9.13 Å². The molecule has 0 aliphatic rings. The summed E-state index contributed by atoms with van der Waals surface area (Å²) in [6.07, 6.45) is 0. The van der Waals surface area contributed by atoms with Crippen LogP contribution in [0.5, 0.6) is 0 Å². The van der Waals surface area contributed by atoms with Crippen molar-refractivity contribution in [3.63, 3.8) is 0 Å². The molecule has 8 rings (SSSR count). The van der Waals surface area contributed by atoms with Gasteiger partial charge in [0.15, 0.2) is 0 Å². The summed E-state index contributed by atoms with van der Waals surface area (Å²) in [5, 5.41) is 5.10. The Labute approximate surface area is 233 Å². The molecule has 0 spiro atoms. The first-order chi connectivity index (χ1) is 19.7. The van der Waals surface area contributed by atoms with Crippen molar-refractivity contribution in [1.29, 1.82) is 0 Å². The first kappa shape index (κ1) is 22.9. The minimum Gasteiger partial charge on any atom is -0.309 e. The number of aromatic nitrogens is 2. The Hall–Kier alpha value is -5.08. The zero-order valence-corrected chi connectivity index (χ0v) is 22.6. The van der Waals surface area contributed by atoms with Gasteiger partial charge in [-0.25, -0.2) is 0 Å². The van der Waals surface area contributed by atoms with E-state index in [9.17, 15) is 0 Å². The van der Waals surface area contributed by atoms with Crippen LogP contribution in [0.4, 0.5) is 0 Å². The third kappa shape index (κ3) is 3.43. The number of benzene rings is 6. The van der Waals surface area contributed by atoms with Crippen LogP contribution in [0.15, 0.2) is 133 Å². The summed E-state index contributed by atoms with van der Waals surface area (Å²) in [5.41, 5.74) is 12.3. The van der Waals surface area contributed by atoms with Crippen molar-refractivity contribution in [3.8, 4) is 22.5 Å². The Morgan fingerprint density at radius 2 is 0.725 bits per heavy atom.